The average molecular weight is 281 g/mol. The zero-order chi connectivity index (χ0) is 15.1. The molecule has 1 heterocycles. The van der Waals surface area contributed by atoms with Gasteiger partial charge in [-0.3, -0.25) is 14.9 Å². The maximum atomic E-state index is 10.9. The molecular formula is C13H19N3O4. The van der Waals surface area contributed by atoms with Gasteiger partial charge >= 0.3 is 5.97 Å². The third-order valence-electron chi connectivity index (χ3n) is 2.96. The first kappa shape index (κ1) is 15.9. The summed E-state index contributed by atoms with van der Waals surface area (Å²) in [5.74, 6) is -0.825. The van der Waals surface area contributed by atoms with Crippen LogP contribution in [0.25, 0.3) is 0 Å². The standard InChI is InChI=1S/C13H19N3O4/c1-3-4-7-15(9-10(2)13(17)18)12-6-5-11(8-14-12)16(19)20/h5-6,8,10H,3-4,7,9H2,1-2H3,(H,17,18). The Bertz CT molecular complexity index is 461. The lowest BCUT2D eigenvalue weighted by Crippen LogP contribution is -2.33. The van der Waals surface area contributed by atoms with E-state index in [0.717, 1.165) is 12.8 Å². The first-order valence-corrected chi connectivity index (χ1v) is 6.54. The summed E-state index contributed by atoms with van der Waals surface area (Å²) in [7, 11) is 0. The number of nitro groups is 1. The van der Waals surface area contributed by atoms with E-state index in [1.165, 1.54) is 12.3 Å². The van der Waals surface area contributed by atoms with Crippen LogP contribution in [0.1, 0.15) is 26.7 Å². The van der Waals surface area contributed by atoms with E-state index in [0.29, 0.717) is 18.9 Å². The van der Waals surface area contributed by atoms with Crippen molar-refractivity contribution in [2.45, 2.75) is 26.7 Å². The van der Waals surface area contributed by atoms with Crippen LogP contribution in [0.3, 0.4) is 0 Å². The second kappa shape index (κ2) is 7.42. The average Bonchev–Trinajstić information content (AvgIpc) is 2.43. The number of rotatable bonds is 8. The van der Waals surface area contributed by atoms with Crippen LogP contribution < -0.4 is 4.90 Å². The van der Waals surface area contributed by atoms with Gasteiger partial charge in [-0.05, 0) is 12.5 Å². The molecule has 1 unspecified atom stereocenters. The molecule has 7 heteroatoms. The van der Waals surface area contributed by atoms with Crippen molar-refractivity contribution in [1.29, 1.82) is 0 Å². The van der Waals surface area contributed by atoms with Gasteiger partial charge < -0.3 is 10.0 Å². The van der Waals surface area contributed by atoms with E-state index in [4.69, 9.17) is 5.11 Å². The van der Waals surface area contributed by atoms with Crippen molar-refractivity contribution in [3.8, 4) is 0 Å². The van der Waals surface area contributed by atoms with Crippen molar-refractivity contribution in [2.75, 3.05) is 18.0 Å². The Balaban J connectivity index is 2.86. The largest absolute Gasteiger partial charge is 0.481 e. The normalized spacial score (nSPS) is 11.9. The predicted octanol–water partition coefficient (Wildman–Crippen LogP) is 2.32. The molecule has 0 aliphatic rings. The number of hydrogen-bond donors (Lipinski definition) is 1. The van der Waals surface area contributed by atoms with E-state index >= 15 is 0 Å². The van der Waals surface area contributed by atoms with Gasteiger partial charge in [0.2, 0.25) is 0 Å². The predicted molar refractivity (Wildman–Crippen MR) is 74.8 cm³/mol. The van der Waals surface area contributed by atoms with Gasteiger partial charge in [-0.25, -0.2) is 4.98 Å². The van der Waals surface area contributed by atoms with Crippen molar-refractivity contribution in [1.82, 2.24) is 4.98 Å². The van der Waals surface area contributed by atoms with Crippen LogP contribution >= 0.6 is 0 Å². The number of carboxylic acids is 1. The minimum atomic E-state index is -0.867. The number of nitrogens with zero attached hydrogens (tertiary/aromatic N) is 3. The smallest absolute Gasteiger partial charge is 0.308 e. The van der Waals surface area contributed by atoms with Crippen molar-refractivity contribution < 1.29 is 14.8 Å². The molecule has 1 aromatic rings. The molecular weight excluding hydrogens is 262 g/mol. The zero-order valence-corrected chi connectivity index (χ0v) is 11.7. The minimum Gasteiger partial charge on any atom is -0.481 e. The van der Waals surface area contributed by atoms with Crippen LogP contribution in [0, 0.1) is 16.0 Å². The van der Waals surface area contributed by atoms with Gasteiger partial charge in [0.1, 0.15) is 12.0 Å². The fraction of sp³-hybridized carbons (Fsp3) is 0.538. The maximum absolute atomic E-state index is 10.9. The molecule has 0 saturated carbocycles. The van der Waals surface area contributed by atoms with E-state index in [-0.39, 0.29) is 5.69 Å². The molecule has 0 spiro atoms. The van der Waals surface area contributed by atoms with Gasteiger partial charge in [0.15, 0.2) is 0 Å². The fourth-order valence-electron chi connectivity index (χ4n) is 1.73. The molecule has 110 valence electrons. The number of aliphatic carboxylic acids is 1. The summed E-state index contributed by atoms with van der Waals surface area (Å²) in [4.78, 5) is 26.9. The van der Waals surface area contributed by atoms with Crippen molar-refractivity contribution >= 4 is 17.5 Å². The number of carboxylic acid groups (broad SMARTS) is 1. The summed E-state index contributed by atoms with van der Waals surface area (Å²) in [6.07, 6.45) is 3.08. The van der Waals surface area contributed by atoms with Gasteiger partial charge in [-0.1, -0.05) is 20.3 Å². The SMILES string of the molecule is CCCCN(CC(C)C(=O)O)c1ccc([N+](=O)[O-])cn1. The Hall–Kier alpha value is -2.18. The molecule has 0 aliphatic heterocycles. The van der Waals surface area contributed by atoms with Crippen molar-refractivity contribution in [3.63, 3.8) is 0 Å². The molecule has 0 amide bonds. The summed E-state index contributed by atoms with van der Waals surface area (Å²) >= 11 is 0. The first-order valence-electron chi connectivity index (χ1n) is 6.54. The van der Waals surface area contributed by atoms with Crippen molar-refractivity contribution in [2.24, 2.45) is 5.92 Å². The summed E-state index contributed by atoms with van der Waals surface area (Å²) in [5, 5.41) is 19.6. The Morgan fingerprint density at radius 1 is 1.55 bits per heavy atom. The molecule has 7 nitrogen and oxygen atoms in total. The number of hydrogen-bond acceptors (Lipinski definition) is 5. The minimum absolute atomic E-state index is 0.0736. The highest BCUT2D eigenvalue weighted by molar-refractivity contribution is 5.70. The first-order chi connectivity index (χ1) is 9.45. The number of pyridine rings is 1. The fourth-order valence-corrected chi connectivity index (χ4v) is 1.73. The number of aromatic nitrogens is 1. The molecule has 0 bridgehead atoms. The lowest BCUT2D eigenvalue weighted by Gasteiger charge is -2.25. The highest BCUT2D eigenvalue weighted by Gasteiger charge is 2.18. The maximum Gasteiger partial charge on any atom is 0.308 e. The van der Waals surface area contributed by atoms with Crippen LogP contribution in [0.5, 0.6) is 0 Å². The van der Waals surface area contributed by atoms with E-state index in [9.17, 15) is 14.9 Å². The third kappa shape index (κ3) is 4.49. The number of unbranched alkanes of at least 4 members (excludes halogenated alkanes) is 1. The monoisotopic (exact) mass is 281 g/mol. The quantitative estimate of drug-likeness (QED) is 0.580. The second-order valence-electron chi connectivity index (χ2n) is 4.67. The lowest BCUT2D eigenvalue weighted by molar-refractivity contribution is -0.385. The van der Waals surface area contributed by atoms with Crippen LogP contribution in [-0.4, -0.2) is 34.1 Å². The van der Waals surface area contributed by atoms with E-state index in [1.54, 1.807) is 13.0 Å². The highest BCUT2D eigenvalue weighted by Crippen LogP contribution is 2.17. The molecule has 1 aromatic heterocycles. The molecule has 0 aliphatic carbocycles. The molecule has 0 saturated heterocycles. The van der Waals surface area contributed by atoms with Gasteiger partial charge in [-0.15, -0.1) is 0 Å². The number of carbonyl (C=O) groups is 1. The molecule has 1 atom stereocenters. The third-order valence-corrected chi connectivity index (χ3v) is 2.96. The van der Waals surface area contributed by atoms with Crippen LogP contribution in [0.4, 0.5) is 11.5 Å². The lowest BCUT2D eigenvalue weighted by atomic mass is 10.1. The Morgan fingerprint density at radius 3 is 2.70 bits per heavy atom. The van der Waals surface area contributed by atoms with E-state index < -0.39 is 16.8 Å². The number of anilines is 1. The van der Waals surface area contributed by atoms with E-state index in [1.807, 2.05) is 11.8 Å². The van der Waals surface area contributed by atoms with Crippen LogP contribution in [-0.2, 0) is 4.79 Å². The molecule has 1 rings (SSSR count). The summed E-state index contributed by atoms with van der Waals surface area (Å²) in [6.45, 7) is 4.69. The van der Waals surface area contributed by atoms with Gasteiger partial charge in [0.25, 0.3) is 5.69 Å². The summed E-state index contributed by atoms with van der Waals surface area (Å²) in [6, 6.07) is 2.94. The zero-order valence-electron chi connectivity index (χ0n) is 11.7. The summed E-state index contributed by atoms with van der Waals surface area (Å²) in [5.41, 5.74) is -0.0736. The second-order valence-corrected chi connectivity index (χ2v) is 4.67. The van der Waals surface area contributed by atoms with Gasteiger partial charge in [-0.2, -0.15) is 0 Å². The summed E-state index contributed by atoms with van der Waals surface area (Å²) < 4.78 is 0. The molecule has 1 N–H and O–H groups in total. The topological polar surface area (TPSA) is 96.6 Å². The van der Waals surface area contributed by atoms with Crippen LogP contribution in [0.15, 0.2) is 18.3 Å². The van der Waals surface area contributed by atoms with Gasteiger partial charge in [0.05, 0.1) is 10.8 Å². The Labute approximate surface area is 117 Å². The Kier molecular flexibility index (Phi) is 5.89. The Morgan fingerprint density at radius 2 is 2.25 bits per heavy atom. The highest BCUT2D eigenvalue weighted by atomic mass is 16.6. The molecule has 0 aromatic carbocycles. The van der Waals surface area contributed by atoms with Crippen LogP contribution in [0.2, 0.25) is 0 Å². The molecule has 0 radical (unpaired) electrons. The van der Waals surface area contributed by atoms with Gasteiger partial charge in [0, 0.05) is 19.2 Å². The molecule has 0 fully saturated rings. The van der Waals surface area contributed by atoms with E-state index in [2.05, 4.69) is 4.98 Å². The molecule has 20 heavy (non-hydrogen) atoms. The van der Waals surface area contributed by atoms with Crippen molar-refractivity contribution in [3.05, 3.63) is 28.4 Å².